The molecular formula is C23H20ClF2N5O. The maximum absolute atomic E-state index is 15.4. The second-order valence-corrected chi connectivity index (χ2v) is 8.15. The number of anilines is 1. The third-order valence-corrected chi connectivity index (χ3v) is 5.89. The van der Waals surface area contributed by atoms with E-state index in [0.717, 1.165) is 26.1 Å². The summed E-state index contributed by atoms with van der Waals surface area (Å²) in [6.07, 6.45) is 5.49. The first-order valence-corrected chi connectivity index (χ1v) is 10.7. The number of benzene rings is 1. The van der Waals surface area contributed by atoms with Gasteiger partial charge in [0.1, 0.15) is 17.5 Å². The third-order valence-electron chi connectivity index (χ3n) is 5.58. The quantitative estimate of drug-likeness (QED) is 0.463. The van der Waals surface area contributed by atoms with Crippen molar-refractivity contribution >= 4 is 23.1 Å². The van der Waals surface area contributed by atoms with Gasteiger partial charge < -0.3 is 10.1 Å². The van der Waals surface area contributed by atoms with Gasteiger partial charge >= 0.3 is 0 Å². The van der Waals surface area contributed by atoms with E-state index < -0.39 is 11.6 Å². The van der Waals surface area contributed by atoms with Crippen LogP contribution >= 0.6 is 11.6 Å². The number of hydrogen-bond donors (Lipinski definition) is 1. The highest BCUT2D eigenvalue weighted by atomic mass is 35.5. The fourth-order valence-corrected chi connectivity index (χ4v) is 3.99. The van der Waals surface area contributed by atoms with E-state index in [4.69, 9.17) is 16.3 Å². The zero-order valence-electron chi connectivity index (χ0n) is 17.1. The van der Waals surface area contributed by atoms with Crippen LogP contribution in [0.1, 0.15) is 24.2 Å². The summed E-state index contributed by atoms with van der Waals surface area (Å²) in [6, 6.07) is 10.1. The molecule has 9 heteroatoms. The Balaban J connectivity index is 1.43. The highest BCUT2D eigenvalue weighted by Gasteiger charge is 2.17. The molecule has 1 fully saturated rings. The summed E-state index contributed by atoms with van der Waals surface area (Å²) < 4.78 is 36.1. The Morgan fingerprint density at radius 3 is 2.75 bits per heavy atom. The smallest absolute Gasteiger partial charge is 0.197 e. The lowest BCUT2D eigenvalue weighted by Gasteiger charge is -2.23. The van der Waals surface area contributed by atoms with E-state index in [-0.39, 0.29) is 16.7 Å². The number of fused-ring (bicyclic) bond motifs is 1. The van der Waals surface area contributed by atoms with Crippen molar-refractivity contribution in [2.45, 2.75) is 25.3 Å². The van der Waals surface area contributed by atoms with Crippen molar-refractivity contribution in [1.82, 2.24) is 19.6 Å². The molecule has 164 valence electrons. The van der Waals surface area contributed by atoms with E-state index in [9.17, 15) is 4.39 Å². The number of halogens is 3. The van der Waals surface area contributed by atoms with Gasteiger partial charge in [0.25, 0.3) is 0 Å². The van der Waals surface area contributed by atoms with Crippen molar-refractivity contribution in [3.05, 3.63) is 76.8 Å². The van der Waals surface area contributed by atoms with Crippen molar-refractivity contribution < 1.29 is 13.5 Å². The fraction of sp³-hybridized carbons (Fsp3) is 0.261. The van der Waals surface area contributed by atoms with E-state index in [2.05, 4.69) is 20.5 Å². The number of pyridine rings is 2. The van der Waals surface area contributed by atoms with Gasteiger partial charge in [-0.3, -0.25) is 4.40 Å². The number of nitrogens with one attached hydrogen (secondary N) is 1. The normalized spacial score (nSPS) is 14.7. The van der Waals surface area contributed by atoms with Crippen molar-refractivity contribution in [1.29, 1.82) is 0 Å². The predicted octanol–water partition coefficient (Wildman–Crippen LogP) is 4.90. The van der Waals surface area contributed by atoms with Crippen LogP contribution < -0.4 is 5.32 Å². The summed E-state index contributed by atoms with van der Waals surface area (Å²) in [4.78, 5) is 4.37. The molecule has 4 heterocycles. The molecule has 0 bridgehead atoms. The molecule has 5 rings (SSSR count). The van der Waals surface area contributed by atoms with Gasteiger partial charge in [0.15, 0.2) is 11.5 Å². The minimum Gasteiger partial charge on any atom is -0.381 e. The molecule has 4 aromatic rings. The van der Waals surface area contributed by atoms with Gasteiger partial charge in [-0.15, -0.1) is 10.2 Å². The average Bonchev–Trinajstić information content (AvgIpc) is 3.21. The molecule has 1 aliphatic heterocycles. The van der Waals surface area contributed by atoms with Crippen LogP contribution in [0.25, 0.3) is 16.8 Å². The first-order chi connectivity index (χ1) is 15.6. The zero-order valence-corrected chi connectivity index (χ0v) is 17.8. The number of nitrogens with zero attached hydrogens (tertiary/aromatic N) is 4. The van der Waals surface area contributed by atoms with Gasteiger partial charge in [-0.1, -0.05) is 17.7 Å². The first kappa shape index (κ1) is 20.8. The van der Waals surface area contributed by atoms with Crippen molar-refractivity contribution in [3.8, 4) is 11.1 Å². The molecule has 1 aromatic carbocycles. The van der Waals surface area contributed by atoms with Gasteiger partial charge in [-0.05, 0) is 54.3 Å². The van der Waals surface area contributed by atoms with E-state index in [1.165, 1.54) is 12.1 Å². The number of hydrogen-bond acceptors (Lipinski definition) is 5. The maximum Gasteiger partial charge on any atom is 0.197 e. The van der Waals surface area contributed by atoms with Crippen LogP contribution in [0.3, 0.4) is 0 Å². The highest BCUT2D eigenvalue weighted by Crippen LogP contribution is 2.28. The highest BCUT2D eigenvalue weighted by molar-refractivity contribution is 6.30. The molecule has 0 aliphatic carbocycles. The van der Waals surface area contributed by atoms with Crippen molar-refractivity contribution in [2.24, 2.45) is 0 Å². The molecule has 0 unspecified atom stereocenters. The Bertz CT molecular complexity index is 1270. The minimum absolute atomic E-state index is 0.0542. The second kappa shape index (κ2) is 8.80. The summed E-state index contributed by atoms with van der Waals surface area (Å²) in [7, 11) is 0. The monoisotopic (exact) mass is 455 g/mol. The van der Waals surface area contributed by atoms with Gasteiger partial charge in [-0.2, -0.15) is 0 Å². The molecule has 0 radical (unpaired) electrons. The summed E-state index contributed by atoms with van der Waals surface area (Å²) in [5.41, 5.74) is 1.89. The van der Waals surface area contributed by atoms with Crippen LogP contribution in [-0.2, 0) is 11.2 Å². The van der Waals surface area contributed by atoms with Gasteiger partial charge in [0.05, 0.1) is 5.02 Å². The predicted molar refractivity (Wildman–Crippen MR) is 118 cm³/mol. The van der Waals surface area contributed by atoms with E-state index in [0.29, 0.717) is 34.8 Å². The number of ether oxygens (including phenoxy) is 1. The summed E-state index contributed by atoms with van der Waals surface area (Å²) in [5, 5.41) is 11.6. The first-order valence-electron chi connectivity index (χ1n) is 10.4. The SMILES string of the molecule is Fc1cc(Cc2nnc3c(F)c(-c4ccnc(NC5CCOCC5)c4)ccn23)ccc1Cl. The molecule has 1 saturated heterocycles. The lowest BCUT2D eigenvalue weighted by Crippen LogP contribution is -2.28. The third kappa shape index (κ3) is 4.16. The second-order valence-electron chi connectivity index (χ2n) is 7.74. The van der Waals surface area contributed by atoms with E-state index >= 15 is 4.39 Å². The molecule has 0 saturated carbocycles. The molecule has 0 spiro atoms. The lowest BCUT2D eigenvalue weighted by molar-refractivity contribution is 0.0904. The standard InChI is InChI=1S/C23H20ClF2N5O/c24-18-2-1-14(11-19(18)25)12-21-29-30-23-22(26)17(4-8-31(21)23)15-3-7-27-20(13-15)28-16-5-9-32-10-6-16/h1-4,7-8,11,13,16H,5-6,9-10,12H2,(H,27,28). The molecule has 1 aliphatic rings. The topological polar surface area (TPSA) is 64.3 Å². The van der Waals surface area contributed by atoms with Crippen LogP contribution in [0.15, 0.2) is 48.8 Å². The summed E-state index contributed by atoms with van der Waals surface area (Å²) >= 11 is 5.75. The van der Waals surface area contributed by atoms with Crippen LogP contribution in [0.5, 0.6) is 0 Å². The molecule has 32 heavy (non-hydrogen) atoms. The Morgan fingerprint density at radius 2 is 1.94 bits per heavy atom. The number of aromatic nitrogens is 4. The maximum atomic E-state index is 15.4. The van der Waals surface area contributed by atoms with Gasteiger partial charge in [0.2, 0.25) is 0 Å². The Hall–Kier alpha value is -3.10. The average molecular weight is 456 g/mol. The van der Waals surface area contributed by atoms with Crippen LogP contribution in [0, 0.1) is 11.6 Å². The largest absolute Gasteiger partial charge is 0.381 e. The fourth-order valence-electron chi connectivity index (χ4n) is 3.88. The van der Waals surface area contributed by atoms with Crippen LogP contribution in [0.2, 0.25) is 5.02 Å². The minimum atomic E-state index is -0.505. The summed E-state index contributed by atoms with van der Waals surface area (Å²) in [6.45, 7) is 1.45. The van der Waals surface area contributed by atoms with Gasteiger partial charge in [0, 0.05) is 43.6 Å². The zero-order chi connectivity index (χ0) is 22.1. The molecular weight excluding hydrogens is 436 g/mol. The number of rotatable bonds is 5. The van der Waals surface area contributed by atoms with Gasteiger partial charge in [-0.25, -0.2) is 13.8 Å². The van der Waals surface area contributed by atoms with E-state index in [1.54, 1.807) is 35.0 Å². The molecule has 0 amide bonds. The Labute approximate surface area is 188 Å². The molecule has 3 aromatic heterocycles. The lowest BCUT2D eigenvalue weighted by atomic mass is 10.1. The Kier molecular flexibility index (Phi) is 5.71. The summed E-state index contributed by atoms with van der Waals surface area (Å²) in [5.74, 6) is 0.218. The molecule has 6 nitrogen and oxygen atoms in total. The molecule has 0 atom stereocenters. The molecule has 1 N–H and O–H groups in total. The van der Waals surface area contributed by atoms with Crippen molar-refractivity contribution in [3.63, 3.8) is 0 Å². The van der Waals surface area contributed by atoms with Crippen LogP contribution in [0.4, 0.5) is 14.6 Å². The van der Waals surface area contributed by atoms with Crippen molar-refractivity contribution in [2.75, 3.05) is 18.5 Å². The van der Waals surface area contributed by atoms with Crippen LogP contribution in [-0.4, -0.2) is 38.8 Å². The Morgan fingerprint density at radius 1 is 1.09 bits per heavy atom. The van der Waals surface area contributed by atoms with E-state index in [1.807, 2.05) is 6.07 Å².